The molecule has 2 aromatic rings. The molecule has 0 spiro atoms. The van der Waals surface area contributed by atoms with Crippen molar-refractivity contribution >= 4 is 34.7 Å². The molecule has 3 amide bonds. The van der Waals surface area contributed by atoms with Gasteiger partial charge in [0.15, 0.2) is 0 Å². The van der Waals surface area contributed by atoms with Gasteiger partial charge in [0.25, 0.3) is 0 Å². The zero-order valence-electron chi connectivity index (χ0n) is 14.9. The highest BCUT2D eigenvalue weighted by Gasteiger charge is 2.47. The van der Waals surface area contributed by atoms with Crippen LogP contribution in [0.25, 0.3) is 10.6 Å². The number of likely N-dealkylation sites (tertiary alicyclic amines) is 1. The number of thiazole rings is 1. The Hall–Kier alpha value is -2.54. The monoisotopic (exact) mass is 383 g/mol. The summed E-state index contributed by atoms with van der Waals surface area (Å²) in [4.78, 5) is 42.7. The van der Waals surface area contributed by atoms with Crippen molar-refractivity contribution in [2.75, 3.05) is 11.9 Å². The molecule has 1 aromatic carbocycles. The highest BCUT2D eigenvalue weighted by molar-refractivity contribution is 7.13. The van der Waals surface area contributed by atoms with E-state index in [0.29, 0.717) is 5.69 Å². The molecular weight excluding hydrogens is 362 g/mol. The van der Waals surface area contributed by atoms with Crippen LogP contribution in [-0.2, 0) is 14.4 Å². The fourth-order valence-electron chi connectivity index (χ4n) is 3.95. The van der Waals surface area contributed by atoms with Crippen LogP contribution in [0.15, 0.2) is 35.8 Å². The molecular formula is C20H21N3O3S. The number of fused-ring (bicyclic) bond motifs is 1. The molecule has 1 saturated carbocycles. The highest BCUT2D eigenvalue weighted by atomic mass is 32.1. The number of nitrogens with zero attached hydrogens (tertiary/aromatic N) is 2. The third-order valence-corrected chi connectivity index (χ3v) is 6.16. The topological polar surface area (TPSA) is 79.4 Å². The van der Waals surface area contributed by atoms with Gasteiger partial charge in [-0.15, -0.1) is 11.3 Å². The number of nitrogens with one attached hydrogen (secondary N) is 1. The van der Waals surface area contributed by atoms with Crippen LogP contribution in [0.2, 0.25) is 0 Å². The quantitative estimate of drug-likeness (QED) is 0.804. The molecule has 2 atom stereocenters. The number of benzene rings is 1. The van der Waals surface area contributed by atoms with E-state index >= 15 is 0 Å². The molecule has 6 nitrogen and oxygen atoms in total. The maximum absolute atomic E-state index is 12.4. The zero-order chi connectivity index (χ0) is 18.8. The number of amides is 3. The van der Waals surface area contributed by atoms with Crippen molar-refractivity contribution in [3.63, 3.8) is 0 Å². The number of imide groups is 1. The van der Waals surface area contributed by atoms with Gasteiger partial charge in [-0.05, 0) is 37.1 Å². The average Bonchev–Trinajstić information content (AvgIpc) is 3.30. The molecule has 7 heteroatoms. The predicted octanol–water partition coefficient (Wildman–Crippen LogP) is 3.31. The van der Waals surface area contributed by atoms with E-state index in [1.165, 1.54) is 4.90 Å². The minimum atomic E-state index is -0.201. The first-order valence-electron chi connectivity index (χ1n) is 9.28. The molecule has 1 saturated heterocycles. The molecule has 0 bridgehead atoms. The summed E-state index contributed by atoms with van der Waals surface area (Å²) in [6.45, 7) is 0.160. The summed E-state index contributed by atoms with van der Waals surface area (Å²) >= 11 is 1.56. The summed E-state index contributed by atoms with van der Waals surface area (Å²) in [7, 11) is 0. The van der Waals surface area contributed by atoms with Crippen molar-refractivity contribution in [3.05, 3.63) is 35.8 Å². The number of hydrogen-bond donors (Lipinski definition) is 1. The Balaban J connectivity index is 1.32. The number of anilines is 1. The maximum Gasteiger partial charge on any atom is 0.233 e. The van der Waals surface area contributed by atoms with E-state index in [4.69, 9.17) is 0 Å². The van der Waals surface area contributed by atoms with Crippen molar-refractivity contribution in [1.29, 1.82) is 0 Å². The molecule has 0 unspecified atom stereocenters. The summed E-state index contributed by atoms with van der Waals surface area (Å²) in [5, 5.41) is 5.68. The van der Waals surface area contributed by atoms with Crippen LogP contribution < -0.4 is 5.32 Å². The number of carbonyl (C=O) groups is 3. The third kappa shape index (κ3) is 3.64. The summed E-state index contributed by atoms with van der Waals surface area (Å²) < 4.78 is 0. The molecule has 1 N–H and O–H groups in total. The van der Waals surface area contributed by atoms with Crippen LogP contribution >= 0.6 is 11.3 Å². The van der Waals surface area contributed by atoms with Gasteiger partial charge in [-0.1, -0.05) is 12.8 Å². The molecule has 1 aliphatic heterocycles. The fourth-order valence-corrected chi connectivity index (χ4v) is 4.59. The normalized spacial score (nSPS) is 22.0. The van der Waals surface area contributed by atoms with Crippen molar-refractivity contribution < 1.29 is 14.4 Å². The predicted molar refractivity (Wildman–Crippen MR) is 103 cm³/mol. The number of hydrogen-bond acceptors (Lipinski definition) is 5. The Morgan fingerprint density at radius 3 is 2.37 bits per heavy atom. The first-order chi connectivity index (χ1) is 13.1. The van der Waals surface area contributed by atoms with Gasteiger partial charge in [0.1, 0.15) is 5.01 Å². The zero-order valence-corrected chi connectivity index (χ0v) is 15.7. The second-order valence-electron chi connectivity index (χ2n) is 7.04. The van der Waals surface area contributed by atoms with E-state index in [2.05, 4.69) is 10.3 Å². The van der Waals surface area contributed by atoms with Crippen LogP contribution in [0.3, 0.4) is 0 Å². The molecule has 0 radical (unpaired) electrons. The Morgan fingerprint density at radius 2 is 1.78 bits per heavy atom. The molecule has 1 aromatic heterocycles. The van der Waals surface area contributed by atoms with E-state index in [0.717, 1.165) is 36.3 Å². The molecule has 1 aliphatic carbocycles. The van der Waals surface area contributed by atoms with Gasteiger partial charge in [0.05, 0.1) is 11.8 Å². The molecule has 140 valence electrons. The second kappa shape index (κ2) is 7.60. The highest BCUT2D eigenvalue weighted by Crippen LogP contribution is 2.38. The summed E-state index contributed by atoms with van der Waals surface area (Å²) in [6.07, 6.45) is 5.47. The van der Waals surface area contributed by atoms with E-state index < -0.39 is 0 Å². The van der Waals surface area contributed by atoms with Gasteiger partial charge in [-0.2, -0.15) is 0 Å². The van der Waals surface area contributed by atoms with Crippen LogP contribution in [0.1, 0.15) is 32.1 Å². The lowest BCUT2D eigenvalue weighted by Gasteiger charge is -2.19. The van der Waals surface area contributed by atoms with Gasteiger partial charge in [0, 0.05) is 35.8 Å². The Kier molecular flexibility index (Phi) is 5.03. The second-order valence-corrected chi connectivity index (χ2v) is 7.93. The lowest BCUT2D eigenvalue weighted by molar-refractivity contribution is -0.140. The van der Waals surface area contributed by atoms with E-state index in [1.807, 2.05) is 29.6 Å². The van der Waals surface area contributed by atoms with Crippen molar-refractivity contribution in [2.24, 2.45) is 11.8 Å². The summed E-state index contributed by atoms with van der Waals surface area (Å²) in [6, 6.07) is 7.48. The third-order valence-electron chi connectivity index (χ3n) is 5.34. The minimum absolute atomic E-state index is 0.0923. The number of aromatic nitrogens is 1. The van der Waals surface area contributed by atoms with Gasteiger partial charge in [-0.3, -0.25) is 19.3 Å². The molecule has 27 heavy (non-hydrogen) atoms. The van der Waals surface area contributed by atoms with Crippen LogP contribution in [0.5, 0.6) is 0 Å². The van der Waals surface area contributed by atoms with E-state index in [1.54, 1.807) is 17.5 Å². The average molecular weight is 383 g/mol. The lowest BCUT2D eigenvalue weighted by atomic mass is 9.81. The maximum atomic E-state index is 12.4. The van der Waals surface area contributed by atoms with Gasteiger partial charge in [0.2, 0.25) is 17.7 Å². The van der Waals surface area contributed by atoms with Crippen molar-refractivity contribution in [1.82, 2.24) is 9.88 Å². The summed E-state index contributed by atoms with van der Waals surface area (Å²) in [5.74, 6) is -0.705. The Morgan fingerprint density at radius 1 is 1.11 bits per heavy atom. The van der Waals surface area contributed by atoms with Gasteiger partial charge < -0.3 is 5.32 Å². The van der Waals surface area contributed by atoms with E-state index in [-0.39, 0.29) is 42.5 Å². The van der Waals surface area contributed by atoms with Crippen molar-refractivity contribution in [2.45, 2.75) is 32.1 Å². The SMILES string of the molecule is O=C(CCN1C(=O)[C@H]2CCCC[C@@H]2C1=O)Nc1ccc(-c2nccs2)cc1. The van der Waals surface area contributed by atoms with E-state index in [9.17, 15) is 14.4 Å². The molecule has 2 fully saturated rings. The molecule has 2 heterocycles. The van der Waals surface area contributed by atoms with Gasteiger partial charge in [-0.25, -0.2) is 4.98 Å². The first-order valence-corrected chi connectivity index (χ1v) is 10.2. The lowest BCUT2D eigenvalue weighted by Crippen LogP contribution is -2.34. The number of carbonyl (C=O) groups excluding carboxylic acids is 3. The number of rotatable bonds is 5. The molecule has 2 aliphatic rings. The fraction of sp³-hybridized carbons (Fsp3) is 0.400. The molecule has 4 rings (SSSR count). The van der Waals surface area contributed by atoms with Crippen LogP contribution in [0, 0.1) is 11.8 Å². The van der Waals surface area contributed by atoms with Gasteiger partial charge >= 0.3 is 0 Å². The van der Waals surface area contributed by atoms with Crippen LogP contribution in [0.4, 0.5) is 5.69 Å². The first kappa shape index (κ1) is 17.9. The van der Waals surface area contributed by atoms with Crippen LogP contribution in [-0.4, -0.2) is 34.2 Å². The smallest absolute Gasteiger partial charge is 0.233 e. The minimum Gasteiger partial charge on any atom is -0.326 e. The summed E-state index contributed by atoms with van der Waals surface area (Å²) in [5.41, 5.74) is 1.69. The Labute approximate surface area is 161 Å². The standard InChI is InChI=1S/C20H21N3O3S/c24-17(22-14-7-5-13(6-8-14)18-21-10-12-27-18)9-11-23-19(25)15-3-1-2-4-16(15)20(23)26/h5-8,10,12,15-16H,1-4,9,11H2,(H,22,24)/t15-,16-/m0/s1. The largest absolute Gasteiger partial charge is 0.326 e. The Bertz CT molecular complexity index is 824. The van der Waals surface area contributed by atoms with Crippen molar-refractivity contribution in [3.8, 4) is 10.6 Å².